The van der Waals surface area contributed by atoms with Crippen LogP contribution in [0.4, 0.5) is 10.1 Å². The third kappa shape index (κ3) is 3.16. The summed E-state index contributed by atoms with van der Waals surface area (Å²) in [5.74, 6) is 0.502. The Morgan fingerprint density at radius 2 is 1.84 bits per heavy atom. The molecule has 0 bridgehead atoms. The second kappa shape index (κ2) is 5.61. The number of aromatic hydroxyl groups is 1. The van der Waals surface area contributed by atoms with E-state index >= 15 is 0 Å². The first-order valence-electron chi connectivity index (χ1n) is 5.99. The highest BCUT2D eigenvalue weighted by Crippen LogP contribution is 2.30. The summed E-state index contributed by atoms with van der Waals surface area (Å²) >= 11 is 0. The van der Waals surface area contributed by atoms with Crippen LogP contribution in [0.1, 0.15) is 18.5 Å². The molecule has 0 aliphatic heterocycles. The van der Waals surface area contributed by atoms with Crippen molar-refractivity contribution in [1.29, 1.82) is 0 Å². The summed E-state index contributed by atoms with van der Waals surface area (Å²) in [5.41, 5.74) is 1.55. The fourth-order valence-corrected chi connectivity index (χ4v) is 1.89. The van der Waals surface area contributed by atoms with Gasteiger partial charge in [0.2, 0.25) is 0 Å². The number of benzene rings is 2. The minimum atomic E-state index is -0.273. The number of phenolic OH excluding ortho intramolecular Hbond substituents is 1. The maximum absolute atomic E-state index is 12.8. The Bertz CT molecular complexity index is 555. The molecule has 2 N–H and O–H groups in total. The van der Waals surface area contributed by atoms with Crippen LogP contribution in [0.15, 0.2) is 42.5 Å². The molecule has 0 saturated carbocycles. The summed E-state index contributed by atoms with van der Waals surface area (Å²) in [5, 5.41) is 13.1. The first-order chi connectivity index (χ1) is 9.10. The lowest BCUT2D eigenvalue weighted by Gasteiger charge is -2.17. The van der Waals surface area contributed by atoms with Gasteiger partial charge in [-0.2, -0.15) is 0 Å². The quantitative estimate of drug-likeness (QED) is 0.881. The van der Waals surface area contributed by atoms with Gasteiger partial charge in [-0.25, -0.2) is 4.39 Å². The van der Waals surface area contributed by atoms with Gasteiger partial charge in [-0.3, -0.25) is 0 Å². The lowest BCUT2D eigenvalue weighted by atomic mass is 10.1. The van der Waals surface area contributed by atoms with E-state index in [0.717, 1.165) is 11.3 Å². The van der Waals surface area contributed by atoms with Crippen LogP contribution in [-0.2, 0) is 0 Å². The molecular weight excluding hydrogens is 245 g/mol. The Balaban J connectivity index is 2.15. The van der Waals surface area contributed by atoms with E-state index in [1.165, 1.54) is 12.1 Å². The van der Waals surface area contributed by atoms with Crippen molar-refractivity contribution in [3.63, 3.8) is 0 Å². The number of hydrogen-bond acceptors (Lipinski definition) is 3. The Labute approximate surface area is 111 Å². The van der Waals surface area contributed by atoms with Crippen molar-refractivity contribution in [1.82, 2.24) is 0 Å². The molecule has 100 valence electrons. The van der Waals surface area contributed by atoms with Crippen molar-refractivity contribution in [3.05, 3.63) is 53.8 Å². The standard InChI is InChI=1S/C15H16FNO2/c1-10(17-12-5-3-11(16)4-6-12)14-8-7-13(19-2)9-15(14)18/h3-10,17-18H,1-2H3. The Kier molecular flexibility index (Phi) is 3.90. The van der Waals surface area contributed by atoms with Crippen LogP contribution in [0.2, 0.25) is 0 Å². The number of hydrogen-bond donors (Lipinski definition) is 2. The van der Waals surface area contributed by atoms with Crippen LogP contribution in [0.25, 0.3) is 0 Å². The molecule has 0 radical (unpaired) electrons. The zero-order valence-corrected chi connectivity index (χ0v) is 10.9. The molecule has 2 aromatic carbocycles. The van der Waals surface area contributed by atoms with Gasteiger partial charge >= 0.3 is 0 Å². The van der Waals surface area contributed by atoms with Gasteiger partial charge in [0, 0.05) is 17.3 Å². The average molecular weight is 261 g/mol. The molecule has 0 aromatic heterocycles. The predicted molar refractivity (Wildman–Crippen MR) is 73.1 cm³/mol. The predicted octanol–water partition coefficient (Wildman–Crippen LogP) is 3.71. The molecule has 19 heavy (non-hydrogen) atoms. The van der Waals surface area contributed by atoms with Crippen LogP contribution in [0, 0.1) is 5.82 Å². The van der Waals surface area contributed by atoms with Crippen molar-refractivity contribution >= 4 is 5.69 Å². The summed E-state index contributed by atoms with van der Waals surface area (Å²) < 4.78 is 17.9. The second-order valence-corrected chi connectivity index (χ2v) is 4.30. The zero-order valence-electron chi connectivity index (χ0n) is 10.9. The molecule has 3 nitrogen and oxygen atoms in total. The van der Waals surface area contributed by atoms with Crippen LogP contribution in [0.3, 0.4) is 0 Å². The Morgan fingerprint density at radius 1 is 1.16 bits per heavy atom. The summed E-state index contributed by atoms with van der Waals surface area (Å²) in [6.45, 7) is 1.92. The van der Waals surface area contributed by atoms with Crippen LogP contribution < -0.4 is 10.1 Å². The van der Waals surface area contributed by atoms with Gasteiger partial charge in [0.05, 0.1) is 13.2 Å². The maximum atomic E-state index is 12.8. The number of phenols is 1. The smallest absolute Gasteiger partial charge is 0.124 e. The highest BCUT2D eigenvalue weighted by atomic mass is 19.1. The van der Waals surface area contributed by atoms with E-state index < -0.39 is 0 Å². The van der Waals surface area contributed by atoms with Crippen molar-refractivity contribution in [3.8, 4) is 11.5 Å². The van der Waals surface area contributed by atoms with Crippen LogP contribution in [0.5, 0.6) is 11.5 Å². The van der Waals surface area contributed by atoms with Crippen molar-refractivity contribution in [2.75, 3.05) is 12.4 Å². The minimum absolute atomic E-state index is 0.101. The number of nitrogens with one attached hydrogen (secondary N) is 1. The van der Waals surface area contributed by atoms with E-state index in [4.69, 9.17) is 4.74 Å². The zero-order chi connectivity index (χ0) is 13.8. The largest absolute Gasteiger partial charge is 0.507 e. The molecule has 1 unspecified atom stereocenters. The van der Waals surface area contributed by atoms with Gasteiger partial charge in [0.25, 0.3) is 0 Å². The fraction of sp³-hybridized carbons (Fsp3) is 0.200. The van der Waals surface area contributed by atoms with E-state index in [-0.39, 0.29) is 17.6 Å². The van der Waals surface area contributed by atoms with Crippen molar-refractivity contribution < 1.29 is 14.2 Å². The summed E-state index contributed by atoms with van der Waals surface area (Å²) in [7, 11) is 1.55. The molecule has 0 aliphatic rings. The molecule has 0 amide bonds. The molecule has 2 rings (SSSR count). The molecule has 0 aliphatic carbocycles. The number of ether oxygens (including phenoxy) is 1. The number of rotatable bonds is 4. The fourth-order valence-electron chi connectivity index (χ4n) is 1.89. The minimum Gasteiger partial charge on any atom is -0.507 e. The Morgan fingerprint density at radius 3 is 2.42 bits per heavy atom. The topological polar surface area (TPSA) is 41.5 Å². The van der Waals surface area contributed by atoms with E-state index in [2.05, 4.69) is 5.32 Å². The number of methoxy groups -OCH3 is 1. The van der Waals surface area contributed by atoms with Gasteiger partial charge in [0.15, 0.2) is 0 Å². The van der Waals surface area contributed by atoms with Crippen LogP contribution in [-0.4, -0.2) is 12.2 Å². The van der Waals surface area contributed by atoms with E-state index in [1.807, 2.05) is 6.92 Å². The summed E-state index contributed by atoms with van der Waals surface area (Å²) in [6, 6.07) is 11.2. The second-order valence-electron chi connectivity index (χ2n) is 4.30. The SMILES string of the molecule is COc1ccc(C(C)Nc2ccc(F)cc2)c(O)c1. The molecule has 0 heterocycles. The maximum Gasteiger partial charge on any atom is 0.124 e. The third-order valence-corrected chi connectivity index (χ3v) is 2.93. The molecular formula is C15H16FNO2. The molecule has 0 fully saturated rings. The van der Waals surface area contributed by atoms with Gasteiger partial charge in [-0.1, -0.05) is 0 Å². The van der Waals surface area contributed by atoms with E-state index in [9.17, 15) is 9.50 Å². The van der Waals surface area contributed by atoms with E-state index in [1.54, 1.807) is 37.4 Å². The lowest BCUT2D eigenvalue weighted by molar-refractivity contribution is 0.406. The van der Waals surface area contributed by atoms with E-state index in [0.29, 0.717) is 5.75 Å². The van der Waals surface area contributed by atoms with Crippen LogP contribution >= 0.6 is 0 Å². The molecule has 1 atom stereocenters. The first-order valence-corrected chi connectivity index (χ1v) is 5.99. The summed E-state index contributed by atoms with van der Waals surface area (Å²) in [6.07, 6.45) is 0. The van der Waals surface area contributed by atoms with Gasteiger partial charge in [-0.05, 0) is 43.3 Å². The lowest BCUT2D eigenvalue weighted by Crippen LogP contribution is -2.06. The molecule has 4 heteroatoms. The average Bonchev–Trinajstić information content (AvgIpc) is 2.41. The highest BCUT2D eigenvalue weighted by Gasteiger charge is 2.11. The van der Waals surface area contributed by atoms with Gasteiger partial charge < -0.3 is 15.2 Å². The molecule has 0 saturated heterocycles. The van der Waals surface area contributed by atoms with Crippen molar-refractivity contribution in [2.45, 2.75) is 13.0 Å². The van der Waals surface area contributed by atoms with Gasteiger partial charge in [0.1, 0.15) is 17.3 Å². The number of halogens is 1. The first kappa shape index (κ1) is 13.2. The highest BCUT2D eigenvalue weighted by molar-refractivity contribution is 5.48. The number of anilines is 1. The molecule has 2 aromatic rings. The van der Waals surface area contributed by atoms with Gasteiger partial charge in [-0.15, -0.1) is 0 Å². The summed E-state index contributed by atoms with van der Waals surface area (Å²) in [4.78, 5) is 0. The Hall–Kier alpha value is -2.23. The van der Waals surface area contributed by atoms with Crippen molar-refractivity contribution in [2.24, 2.45) is 0 Å². The molecule has 0 spiro atoms. The third-order valence-electron chi connectivity index (χ3n) is 2.93. The normalized spacial score (nSPS) is 11.9. The monoisotopic (exact) mass is 261 g/mol.